The van der Waals surface area contributed by atoms with E-state index >= 15 is 0 Å². The highest BCUT2D eigenvalue weighted by atomic mass is 32.2. The van der Waals surface area contributed by atoms with Crippen molar-refractivity contribution in [1.82, 2.24) is 5.32 Å². The number of thiophene rings is 1. The van der Waals surface area contributed by atoms with Crippen LogP contribution < -0.4 is 5.32 Å². The first-order valence-corrected chi connectivity index (χ1v) is 7.70. The van der Waals surface area contributed by atoms with Crippen LogP contribution in [-0.4, -0.2) is 6.54 Å². The Kier molecular flexibility index (Phi) is 5.10. The predicted octanol–water partition coefficient (Wildman–Crippen LogP) is 4.15. The van der Waals surface area contributed by atoms with E-state index in [0.717, 1.165) is 18.8 Å². The standard InChI is InChI=1S/C14H17NS2/c1-2-15-10-12-5-7-13(8-6-12)17-11-14-4-3-9-16-14/h3-9,15H,2,10-11H2,1H3. The van der Waals surface area contributed by atoms with Gasteiger partial charge in [0.05, 0.1) is 0 Å². The van der Waals surface area contributed by atoms with Crippen LogP contribution >= 0.6 is 23.1 Å². The molecule has 3 heteroatoms. The lowest BCUT2D eigenvalue weighted by atomic mass is 10.2. The molecule has 90 valence electrons. The number of hydrogen-bond acceptors (Lipinski definition) is 3. The topological polar surface area (TPSA) is 12.0 Å². The Labute approximate surface area is 111 Å². The van der Waals surface area contributed by atoms with Gasteiger partial charge in [-0.15, -0.1) is 23.1 Å². The molecule has 0 aliphatic heterocycles. The van der Waals surface area contributed by atoms with Crippen molar-refractivity contribution in [3.8, 4) is 0 Å². The zero-order valence-electron chi connectivity index (χ0n) is 9.98. The van der Waals surface area contributed by atoms with Crippen LogP contribution in [0.1, 0.15) is 17.4 Å². The number of benzene rings is 1. The minimum atomic E-state index is 0.965. The number of nitrogens with one attached hydrogen (secondary N) is 1. The Morgan fingerprint density at radius 2 is 2.00 bits per heavy atom. The van der Waals surface area contributed by atoms with Crippen molar-refractivity contribution in [2.24, 2.45) is 0 Å². The van der Waals surface area contributed by atoms with Gasteiger partial charge in [-0.2, -0.15) is 0 Å². The molecule has 0 unspecified atom stereocenters. The fourth-order valence-electron chi connectivity index (χ4n) is 1.52. The van der Waals surface area contributed by atoms with Crippen molar-refractivity contribution in [1.29, 1.82) is 0 Å². The molecule has 0 saturated heterocycles. The number of hydrogen-bond donors (Lipinski definition) is 1. The van der Waals surface area contributed by atoms with Gasteiger partial charge >= 0.3 is 0 Å². The van der Waals surface area contributed by atoms with E-state index in [1.165, 1.54) is 15.3 Å². The van der Waals surface area contributed by atoms with Crippen LogP contribution in [0.3, 0.4) is 0 Å². The molecule has 0 fully saturated rings. The monoisotopic (exact) mass is 263 g/mol. The third kappa shape index (κ3) is 4.19. The van der Waals surface area contributed by atoms with Gasteiger partial charge < -0.3 is 5.32 Å². The summed E-state index contributed by atoms with van der Waals surface area (Å²) in [5.74, 6) is 1.07. The van der Waals surface area contributed by atoms with Gasteiger partial charge in [0.1, 0.15) is 0 Å². The van der Waals surface area contributed by atoms with E-state index in [0.29, 0.717) is 0 Å². The maximum Gasteiger partial charge on any atom is 0.0326 e. The summed E-state index contributed by atoms with van der Waals surface area (Å²) in [5.41, 5.74) is 1.35. The molecule has 1 N–H and O–H groups in total. The average Bonchev–Trinajstić information content (AvgIpc) is 2.88. The van der Waals surface area contributed by atoms with E-state index in [2.05, 4.69) is 54.0 Å². The molecule has 0 radical (unpaired) electrons. The highest BCUT2D eigenvalue weighted by Crippen LogP contribution is 2.25. The molecule has 17 heavy (non-hydrogen) atoms. The third-order valence-corrected chi connectivity index (χ3v) is 4.58. The Bertz CT molecular complexity index is 420. The van der Waals surface area contributed by atoms with Crippen LogP contribution in [-0.2, 0) is 12.3 Å². The summed E-state index contributed by atoms with van der Waals surface area (Å²) in [4.78, 5) is 2.78. The highest BCUT2D eigenvalue weighted by molar-refractivity contribution is 7.98. The smallest absolute Gasteiger partial charge is 0.0326 e. The van der Waals surface area contributed by atoms with Crippen molar-refractivity contribution in [3.63, 3.8) is 0 Å². The molecule has 1 aromatic carbocycles. The summed E-state index contributed by atoms with van der Waals surface area (Å²) in [6.07, 6.45) is 0. The van der Waals surface area contributed by atoms with E-state index in [4.69, 9.17) is 0 Å². The average molecular weight is 263 g/mol. The lowest BCUT2D eigenvalue weighted by molar-refractivity contribution is 0.726. The van der Waals surface area contributed by atoms with E-state index < -0.39 is 0 Å². The molecule has 1 heterocycles. The molecule has 1 aromatic heterocycles. The molecule has 0 bridgehead atoms. The lowest BCUT2D eigenvalue weighted by Gasteiger charge is -2.04. The van der Waals surface area contributed by atoms with Crippen LogP contribution in [0, 0.1) is 0 Å². The van der Waals surface area contributed by atoms with Gasteiger partial charge in [-0.1, -0.05) is 25.1 Å². The Balaban J connectivity index is 1.85. The van der Waals surface area contributed by atoms with E-state index in [-0.39, 0.29) is 0 Å². The van der Waals surface area contributed by atoms with Crippen molar-refractivity contribution in [3.05, 3.63) is 52.2 Å². The quantitative estimate of drug-likeness (QED) is 0.786. The first kappa shape index (κ1) is 12.7. The summed E-state index contributed by atoms with van der Waals surface area (Å²) >= 11 is 3.73. The first-order valence-electron chi connectivity index (χ1n) is 5.83. The molecule has 0 saturated carbocycles. The van der Waals surface area contributed by atoms with Crippen LogP contribution in [0.15, 0.2) is 46.7 Å². The molecular formula is C14H17NS2. The normalized spacial score (nSPS) is 10.6. The zero-order valence-corrected chi connectivity index (χ0v) is 11.6. The van der Waals surface area contributed by atoms with Crippen LogP contribution in [0.25, 0.3) is 0 Å². The molecule has 0 aliphatic rings. The second-order valence-corrected chi connectivity index (χ2v) is 5.87. The van der Waals surface area contributed by atoms with Gasteiger partial charge in [-0.3, -0.25) is 0 Å². The molecule has 0 spiro atoms. The van der Waals surface area contributed by atoms with Crippen molar-refractivity contribution in [2.75, 3.05) is 6.54 Å². The molecule has 0 aliphatic carbocycles. The van der Waals surface area contributed by atoms with Gasteiger partial charge in [0.2, 0.25) is 0 Å². The van der Waals surface area contributed by atoms with E-state index in [1.807, 2.05) is 23.1 Å². The first-order chi connectivity index (χ1) is 8.38. The Morgan fingerprint density at radius 1 is 1.18 bits per heavy atom. The van der Waals surface area contributed by atoms with E-state index in [1.54, 1.807) is 0 Å². The SMILES string of the molecule is CCNCc1ccc(SCc2cccs2)cc1. The minimum absolute atomic E-state index is 0.965. The second kappa shape index (κ2) is 6.84. The minimum Gasteiger partial charge on any atom is -0.313 e. The van der Waals surface area contributed by atoms with Crippen molar-refractivity contribution >= 4 is 23.1 Å². The lowest BCUT2D eigenvalue weighted by Crippen LogP contribution is -2.11. The largest absolute Gasteiger partial charge is 0.313 e. The highest BCUT2D eigenvalue weighted by Gasteiger charge is 1.97. The van der Waals surface area contributed by atoms with Gasteiger partial charge in [0, 0.05) is 22.1 Å². The summed E-state index contributed by atoms with van der Waals surface area (Å²) in [7, 11) is 0. The maximum atomic E-state index is 3.33. The molecule has 2 aromatic rings. The second-order valence-electron chi connectivity index (χ2n) is 3.79. The number of thioether (sulfide) groups is 1. The molecule has 0 atom stereocenters. The van der Waals surface area contributed by atoms with Gasteiger partial charge in [-0.05, 0) is 35.7 Å². The zero-order chi connectivity index (χ0) is 11.9. The van der Waals surface area contributed by atoms with E-state index in [9.17, 15) is 0 Å². The molecule has 1 nitrogen and oxygen atoms in total. The van der Waals surface area contributed by atoms with Crippen molar-refractivity contribution in [2.45, 2.75) is 24.1 Å². The molecule has 2 rings (SSSR count). The predicted molar refractivity (Wildman–Crippen MR) is 77.7 cm³/mol. The fraction of sp³-hybridized carbons (Fsp3) is 0.286. The van der Waals surface area contributed by atoms with Crippen LogP contribution in [0.2, 0.25) is 0 Å². The van der Waals surface area contributed by atoms with Gasteiger partial charge in [0.15, 0.2) is 0 Å². The third-order valence-electron chi connectivity index (χ3n) is 2.46. The molecule has 0 amide bonds. The Hall–Kier alpha value is -0.770. The Morgan fingerprint density at radius 3 is 2.65 bits per heavy atom. The van der Waals surface area contributed by atoms with Crippen LogP contribution in [0.5, 0.6) is 0 Å². The summed E-state index contributed by atoms with van der Waals surface area (Å²) < 4.78 is 0. The van der Waals surface area contributed by atoms with Crippen molar-refractivity contribution < 1.29 is 0 Å². The van der Waals surface area contributed by atoms with Gasteiger partial charge in [-0.25, -0.2) is 0 Å². The summed E-state index contributed by atoms with van der Waals surface area (Å²) in [6.45, 7) is 4.12. The summed E-state index contributed by atoms with van der Waals surface area (Å²) in [5, 5.41) is 5.47. The van der Waals surface area contributed by atoms with Crippen LogP contribution in [0.4, 0.5) is 0 Å². The summed E-state index contributed by atoms with van der Waals surface area (Å²) in [6, 6.07) is 13.1. The van der Waals surface area contributed by atoms with Gasteiger partial charge in [0.25, 0.3) is 0 Å². The maximum absolute atomic E-state index is 3.33. The molecular weight excluding hydrogens is 246 g/mol. The number of rotatable bonds is 6. The fourth-order valence-corrected chi connectivity index (χ4v) is 3.19.